The second kappa shape index (κ2) is 3.00. The van der Waals surface area contributed by atoms with E-state index in [1.165, 1.54) is 11.4 Å². The lowest BCUT2D eigenvalue weighted by Gasteiger charge is -2.69. The molecule has 0 atom stereocenters. The van der Waals surface area contributed by atoms with Crippen LogP contribution in [-0.4, -0.2) is 25.3 Å². The van der Waals surface area contributed by atoms with E-state index in [-0.39, 0.29) is 0 Å². The fraction of sp³-hybridized carbons (Fsp3) is 0.600. The molecule has 0 spiro atoms. The Bertz CT molecular complexity index is 252. The Morgan fingerprint density at radius 2 is 1.00 bits per heavy atom. The van der Waals surface area contributed by atoms with Crippen molar-refractivity contribution in [2.45, 2.75) is 40.0 Å². The van der Waals surface area contributed by atoms with Gasteiger partial charge in [0.1, 0.15) is 0 Å². The Morgan fingerprint density at radius 3 is 1.14 bits per heavy atom. The molecule has 1 fully saturated rings. The van der Waals surface area contributed by atoms with Gasteiger partial charge in [-0.1, -0.05) is 13.2 Å². The molecule has 0 amide bonds. The minimum Gasteiger partial charge on any atom is -0.397 e. The highest BCUT2D eigenvalue weighted by atomic mass is 28.5. The maximum absolute atomic E-state index is 4.10. The van der Waals surface area contributed by atoms with E-state index in [2.05, 4.69) is 61.7 Å². The van der Waals surface area contributed by atoms with Gasteiger partial charge in [0.05, 0.1) is 0 Å². The summed E-state index contributed by atoms with van der Waals surface area (Å²) in [5.74, 6) is 0. The molecule has 0 bridgehead atoms. The third-order valence-corrected chi connectivity index (χ3v) is 15.4. The summed E-state index contributed by atoms with van der Waals surface area (Å²) in [6.07, 6.45) is 0. The lowest BCUT2D eigenvalue weighted by molar-refractivity contribution is 0.497. The standard InChI is InChI=1S/C10H22N2Si2/c1-9(2)11-13(5,6)12(10(3)4)14(11,7)8/h1,3H2,2,4-8H3. The summed E-state index contributed by atoms with van der Waals surface area (Å²) in [5.41, 5.74) is 2.46. The maximum Gasteiger partial charge on any atom is 0.243 e. The van der Waals surface area contributed by atoms with E-state index in [0.29, 0.717) is 0 Å². The summed E-state index contributed by atoms with van der Waals surface area (Å²) < 4.78 is 5.21. The zero-order valence-corrected chi connectivity index (χ0v) is 12.3. The molecule has 0 N–H and O–H groups in total. The first kappa shape index (κ1) is 11.6. The number of hydrogen-bond donors (Lipinski definition) is 0. The van der Waals surface area contributed by atoms with E-state index in [4.69, 9.17) is 0 Å². The summed E-state index contributed by atoms with van der Waals surface area (Å²) in [6, 6.07) is 0. The maximum atomic E-state index is 4.10. The van der Waals surface area contributed by atoms with Crippen LogP contribution in [0.5, 0.6) is 0 Å². The van der Waals surface area contributed by atoms with Crippen LogP contribution < -0.4 is 0 Å². The van der Waals surface area contributed by atoms with Gasteiger partial charge in [-0.15, -0.1) is 0 Å². The van der Waals surface area contributed by atoms with Gasteiger partial charge < -0.3 is 8.46 Å². The molecule has 0 unspecified atom stereocenters. The zero-order chi connectivity index (χ0) is 11.3. The Labute approximate surface area is 90.2 Å². The van der Waals surface area contributed by atoms with Crippen LogP contribution >= 0.6 is 0 Å². The van der Waals surface area contributed by atoms with Crippen LogP contribution in [0.15, 0.2) is 24.6 Å². The molecule has 1 heterocycles. The van der Waals surface area contributed by atoms with Gasteiger partial charge in [0.2, 0.25) is 16.8 Å². The summed E-state index contributed by atoms with van der Waals surface area (Å²) in [7, 11) is -2.88. The largest absolute Gasteiger partial charge is 0.397 e. The van der Waals surface area contributed by atoms with Gasteiger partial charge in [0.15, 0.2) is 0 Å². The van der Waals surface area contributed by atoms with Crippen molar-refractivity contribution in [2.75, 3.05) is 0 Å². The Morgan fingerprint density at radius 1 is 0.786 bits per heavy atom. The van der Waals surface area contributed by atoms with Crippen molar-refractivity contribution in [2.24, 2.45) is 0 Å². The van der Waals surface area contributed by atoms with E-state index < -0.39 is 16.8 Å². The molecule has 4 heteroatoms. The monoisotopic (exact) mass is 226 g/mol. The van der Waals surface area contributed by atoms with Gasteiger partial charge in [-0.3, -0.25) is 0 Å². The highest BCUT2D eigenvalue weighted by Crippen LogP contribution is 2.43. The molecule has 1 aliphatic rings. The highest BCUT2D eigenvalue weighted by molar-refractivity contribution is 7.04. The molecule has 0 aromatic heterocycles. The van der Waals surface area contributed by atoms with E-state index in [1.54, 1.807) is 0 Å². The molecule has 0 aliphatic carbocycles. The van der Waals surface area contributed by atoms with Crippen molar-refractivity contribution in [1.82, 2.24) is 8.46 Å². The topological polar surface area (TPSA) is 6.48 Å². The Hall–Kier alpha value is -0.486. The first-order valence-electron chi connectivity index (χ1n) is 5.05. The van der Waals surface area contributed by atoms with Crippen LogP contribution in [-0.2, 0) is 0 Å². The SMILES string of the molecule is C=C(C)N1[Si](C)(C)N(C(=C)C)[Si]1(C)C. The minimum absolute atomic E-state index is 1.23. The van der Waals surface area contributed by atoms with Crippen LogP contribution in [0.1, 0.15) is 13.8 Å². The normalized spacial score (nSPS) is 23.0. The fourth-order valence-corrected chi connectivity index (χ4v) is 18.8. The van der Waals surface area contributed by atoms with Crippen molar-refractivity contribution in [3.05, 3.63) is 24.6 Å². The number of allylic oxidation sites excluding steroid dienone is 2. The van der Waals surface area contributed by atoms with E-state index in [1.807, 2.05) is 0 Å². The second-order valence-electron chi connectivity index (χ2n) is 5.13. The van der Waals surface area contributed by atoms with E-state index in [9.17, 15) is 0 Å². The zero-order valence-electron chi connectivity index (χ0n) is 10.3. The molecule has 14 heavy (non-hydrogen) atoms. The molecule has 0 saturated carbocycles. The number of rotatable bonds is 2. The predicted molar refractivity (Wildman–Crippen MR) is 68.3 cm³/mol. The molecule has 0 aromatic rings. The predicted octanol–water partition coefficient (Wildman–Crippen LogP) is 3.07. The molecular weight excluding hydrogens is 204 g/mol. The second-order valence-corrected chi connectivity index (χ2v) is 13.8. The third-order valence-electron chi connectivity index (χ3n) is 2.95. The molecular formula is C10H22N2Si2. The number of hydrogen-bond acceptors (Lipinski definition) is 2. The van der Waals surface area contributed by atoms with Crippen molar-refractivity contribution < 1.29 is 0 Å². The minimum atomic E-state index is -1.44. The van der Waals surface area contributed by atoms with Gasteiger partial charge in [-0.25, -0.2) is 0 Å². The summed E-state index contributed by atoms with van der Waals surface area (Å²) in [4.78, 5) is 0. The molecule has 80 valence electrons. The van der Waals surface area contributed by atoms with Gasteiger partial charge >= 0.3 is 0 Å². The van der Waals surface area contributed by atoms with Crippen LogP contribution in [0.3, 0.4) is 0 Å². The van der Waals surface area contributed by atoms with Gasteiger partial charge in [-0.2, -0.15) is 0 Å². The van der Waals surface area contributed by atoms with Crippen molar-refractivity contribution in [3.8, 4) is 0 Å². The smallest absolute Gasteiger partial charge is 0.243 e. The summed E-state index contributed by atoms with van der Waals surface area (Å²) >= 11 is 0. The highest BCUT2D eigenvalue weighted by Gasteiger charge is 2.61. The van der Waals surface area contributed by atoms with Crippen molar-refractivity contribution in [1.29, 1.82) is 0 Å². The fourth-order valence-electron chi connectivity index (χ4n) is 3.36. The average Bonchev–Trinajstić information content (AvgIpc) is 1.77. The van der Waals surface area contributed by atoms with Gasteiger partial charge in [0, 0.05) is 0 Å². The summed E-state index contributed by atoms with van der Waals surface area (Å²) in [5, 5.41) is 0. The van der Waals surface area contributed by atoms with Crippen molar-refractivity contribution in [3.63, 3.8) is 0 Å². The first-order chi connectivity index (χ1) is 6.13. The molecule has 0 aromatic carbocycles. The number of nitrogens with zero attached hydrogens (tertiary/aromatic N) is 2. The van der Waals surface area contributed by atoms with E-state index >= 15 is 0 Å². The average molecular weight is 226 g/mol. The van der Waals surface area contributed by atoms with E-state index in [0.717, 1.165) is 0 Å². The Balaban J connectivity index is 3.07. The third kappa shape index (κ3) is 1.28. The Kier molecular flexibility index (Phi) is 2.48. The first-order valence-corrected chi connectivity index (χ1v) is 10.8. The van der Waals surface area contributed by atoms with Gasteiger partial charge in [-0.05, 0) is 51.4 Å². The van der Waals surface area contributed by atoms with Crippen LogP contribution in [0.2, 0.25) is 26.2 Å². The van der Waals surface area contributed by atoms with Gasteiger partial charge in [0.25, 0.3) is 0 Å². The van der Waals surface area contributed by atoms with Crippen molar-refractivity contribution >= 4 is 16.8 Å². The molecule has 0 radical (unpaired) electrons. The molecule has 1 saturated heterocycles. The molecule has 2 nitrogen and oxygen atoms in total. The lowest BCUT2D eigenvalue weighted by Crippen LogP contribution is -2.87. The lowest BCUT2D eigenvalue weighted by atomic mass is 10.6. The van der Waals surface area contributed by atoms with Crippen LogP contribution in [0, 0.1) is 0 Å². The van der Waals surface area contributed by atoms with Crippen LogP contribution in [0.4, 0.5) is 0 Å². The van der Waals surface area contributed by atoms with Crippen LogP contribution in [0.25, 0.3) is 0 Å². The summed E-state index contributed by atoms with van der Waals surface area (Å²) in [6.45, 7) is 21.9. The molecule has 1 rings (SSSR count). The quantitative estimate of drug-likeness (QED) is 0.668. The molecule has 1 aliphatic heterocycles.